The van der Waals surface area contributed by atoms with Crippen molar-refractivity contribution in [3.05, 3.63) is 11.7 Å². The molecule has 84 valence electrons. The standard InChI is InChI=1S/C10H17N3O2/c1-14-7-3-5-9-12-10(15-13-9)8-4-2-6-11-8/h8,11H,2-7H2,1H3. The van der Waals surface area contributed by atoms with Gasteiger partial charge in [-0.05, 0) is 25.8 Å². The fourth-order valence-corrected chi connectivity index (χ4v) is 1.78. The molecular weight excluding hydrogens is 194 g/mol. The van der Waals surface area contributed by atoms with Crippen LogP contribution in [0.2, 0.25) is 0 Å². The monoisotopic (exact) mass is 211 g/mol. The van der Waals surface area contributed by atoms with Gasteiger partial charge < -0.3 is 14.6 Å². The zero-order valence-corrected chi connectivity index (χ0v) is 9.03. The first kappa shape index (κ1) is 10.6. The topological polar surface area (TPSA) is 60.2 Å². The molecule has 1 atom stereocenters. The van der Waals surface area contributed by atoms with Crippen molar-refractivity contribution >= 4 is 0 Å². The summed E-state index contributed by atoms with van der Waals surface area (Å²) in [5.41, 5.74) is 0. The van der Waals surface area contributed by atoms with Gasteiger partial charge in [-0.1, -0.05) is 5.16 Å². The van der Waals surface area contributed by atoms with Crippen LogP contribution in [0.15, 0.2) is 4.52 Å². The average Bonchev–Trinajstić information content (AvgIpc) is 2.87. The van der Waals surface area contributed by atoms with E-state index in [2.05, 4.69) is 15.5 Å². The van der Waals surface area contributed by atoms with Gasteiger partial charge in [0.1, 0.15) is 0 Å². The van der Waals surface area contributed by atoms with E-state index in [1.165, 1.54) is 6.42 Å². The van der Waals surface area contributed by atoms with Crippen molar-refractivity contribution in [3.8, 4) is 0 Å². The van der Waals surface area contributed by atoms with Crippen LogP contribution in [0, 0.1) is 0 Å². The zero-order chi connectivity index (χ0) is 10.5. The molecule has 1 aliphatic heterocycles. The summed E-state index contributed by atoms with van der Waals surface area (Å²) in [5.74, 6) is 1.52. The molecule has 1 saturated heterocycles. The number of nitrogens with zero attached hydrogens (tertiary/aromatic N) is 2. The molecule has 1 N–H and O–H groups in total. The van der Waals surface area contributed by atoms with Crippen molar-refractivity contribution in [1.29, 1.82) is 0 Å². The first-order chi connectivity index (χ1) is 7.40. The molecule has 15 heavy (non-hydrogen) atoms. The van der Waals surface area contributed by atoms with Gasteiger partial charge >= 0.3 is 0 Å². The van der Waals surface area contributed by atoms with Gasteiger partial charge in [0, 0.05) is 20.1 Å². The Bertz CT molecular complexity index is 295. The Morgan fingerprint density at radius 1 is 1.60 bits per heavy atom. The maximum Gasteiger partial charge on any atom is 0.243 e. The van der Waals surface area contributed by atoms with Crippen molar-refractivity contribution in [1.82, 2.24) is 15.5 Å². The van der Waals surface area contributed by atoms with Crippen LogP contribution in [0.1, 0.15) is 37.0 Å². The van der Waals surface area contributed by atoms with Crippen LogP contribution in [0.25, 0.3) is 0 Å². The van der Waals surface area contributed by atoms with Gasteiger partial charge in [-0.25, -0.2) is 0 Å². The van der Waals surface area contributed by atoms with E-state index in [-0.39, 0.29) is 6.04 Å². The first-order valence-electron chi connectivity index (χ1n) is 5.45. The highest BCUT2D eigenvalue weighted by atomic mass is 16.5. The number of nitrogens with one attached hydrogen (secondary N) is 1. The van der Waals surface area contributed by atoms with E-state index in [4.69, 9.17) is 9.26 Å². The van der Waals surface area contributed by atoms with Gasteiger partial charge in [-0.3, -0.25) is 0 Å². The number of rotatable bonds is 5. The molecule has 0 saturated carbocycles. The zero-order valence-electron chi connectivity index (χ0n) is 9.03. The largest absolute Gasteiger partial charge is 0.385 e. The Morgan fingerprint density at radius 3 is 3.27 bits per heavy atom. The van der Waals surface area contributed by atoms with Crippen LogP contribution < -0.4 is 5.32 Å². The van der Waals surface area contributed by atoms with Gasteiger partial charge in [0.25, 0.3) is 0 Å². The first-order valence-corrected chi connectivity index (χ1v) is 5.45. The Morgan fingerprint density at radius 2 is 2.53 bits per heavy atom. The number of hydrogen-bond donors (Lipinski definition) is 1. The minimum atomic E-state index is 0.272. The number of aromatic nitrogens is 2. The molecule has 1 aliphatic rings. The summed E-state index contributed by atoms with van der Waals surface area (Å²) in [6.45, 7) is 1.79. The minimum absolute atomic E-state index is 0.272. The predicted molar refractivity (Wildman–Crippen MR) is 54.5 cm³/mol. The molecule has 0 aliphatic carbocycles. The van der Waals surface area contributed by atoms with Crippen LogP contribution in [-0.4, -0.2) is 30.4 Å². The normalized spacial score (nSPS) is 21.0. The highest BCUT2D eigenvalue weighted by molar-refractivity contribution is 4.95. The summed E-state index contributed by atoms with van der Waals surface area (Å²) in [6, 6.07) is 0.272. The van der Waals surface area contributed by atoms with Crippen molar-refractivity contribution in [2.24, 2.45) is 0 Å². The third-order valence-corrected chi connectivity index (χ3v) is 2.59. The molecule has 0 spiro atoms. The highest BCUT2D eigenvalue weighted by Gasteiger charge is 2.21. The summed E-state index contributed by atoms with van der Waals surface area (Å²) in [4.78, 5) is 4.37. The predicted octanol–water partition coefficient (Wildman–Crippen LogP) is 1.07. The van der Waals surface area contributed by atoms with E-state index < -0.39 is 0 Å². The molecule has 2 heterocycles. The van der Waals surface area contributed by atoms with Crippen LogP contribution in [0.5, 0.6) is 0 Å². The second kappa shape index (κ2) is 5.23. The van der Waals surface area contributed by atoms with Crippen molar-refractivity contribution in [2.75, 3.05) is 20.3 Å². The Hall–Kier alpha value is -0.940. The average molecular weight is 211 g/mol. The molecule has 1 aromatic rings. The minimum Gasteiger partial charge on any atom is -0.385 e. The van der Waals surface area contributed by atoms with E-state index in [1.807, 2.05) is 0 Å². The van der Waals surface area contributed by atoms with E-state index in [1.54, 1.807) is 7.11 Å². The second-order valence-corrected chi connectivity index (χ2v) is 3.79. The molecule has 0 aromatic carbocycles. The lowest BCUT2D eigenvalue weighted by Gasteiger charge is -2.01. The van der Waals surface area contributed by atoms with Gasteiger partial charge in [-0.15, -0.1) is 0 Å². The number of ether oxygens (including phenoxy) is 1. The smallest absolute Gasteiger partial charge is 0.243 e. The van der Waals surface area contributed by atoms with Gasteiger partial charge in [-0.2, -0.15) is 4.98 Å². The molecule has 5 heteroatoms. The van der Waals surface area contributed by atoms with Crippen molar-refractivity contribution in [3.63, 3.8) is 0 Å². The quantitative estimate of drug-likeness (QED) is 0.738. The molecular formula is C10H17N3O2. The summed E-state index contributed by atoms with van der Waals surface area (Å²) >= 11 is 0. The van der Waals surface area contributed by atoms with Crippen molar-refractivity contribution in [2.45, 2.75) is 31.7 Å². The molecule has 2 rings (SSSR count). The summed E-state index contributed by atoms with van der Waals surface area (Å²) in [7, 11) is 1.70. The lowest BCUT2D eigenvalue weighted by atomic mass is 10.2. The third-order valence-electron chi connectivity index (χ3n) is 2.59. The van der Waals surface area contributed by atoms with Crippen LogP contribution in [-0.2, 0) is 11.2 Å². The van der Waals surface area contributed by atoms with Gasteiger partial charge in [0.2, 0.25) is 5.89 Å². The second-order valence-electron chi connectivity index (χ2n) is 3.79. The van der Waals surface area contributed by atoms with Crippen LogP contribution in [0.3, 0.4) is 0 Å². The SMILES string of the molecule is COCCCc1noc(C2CCCN2)n1. The third kappa shape index (κ3) is 2.76. The summed E-state index contributed by atoms with van der Waals surface area (Å²) in [5, 5.41) is 7.28. The van der Waals surface area contributed by atoms with E-state index in [0.29, 0.717) is 0 Å². The Balaban J connectivity index is 1.86. The fourth-order valence-electron chi connectivity index (χ4n) is 1.78. The molecule has 5 nitrogen and oxygen atoms in total. The van der Waals surface area contributed by atoms with E-state index in [9.17, 15) is 0 Å². The van der Waals surface area contributed by atoms with Gasteiger partial charge in [0.05, 0.1) is 6.04 Å². The van der Waals surface area contributed by atoms with E-state index >= 15 is 0 Å². The molecule has 0 radical (unpaired) electrons. The Labute approximate surface area is 89.2 Å². The molecule has 1 aromatic heterocycles. The van der Waals surface area contributed by atoms with Crippen molar-refractivity contribution < 1.29 is 9.26 Å². The molecule has 1 unspecified atom stereocenters. The number of methoxy groups -OCH3 is 1. The van der Waals surface area contributed by atoms with Gasteiger partial charge in [0.15, 0.2) is 5.82 Å². The fraction of sp³-hybridized carbons (Fsp3) is 0.800. The lowest BCUT2D eigenvalue weighted by molar-refractivity contribution is 0.194. The molecule has 0 bridgehead atoms. The maximum absolute atomic E-state index is 5.21. The van der Waals surface area contributed by atoms with Crippen LogP contribution >= 0.6 is 0 Å². The number of aryl methyl sites for hydroxylation is 1. The summed E-state index contributed by atoms with van der Waals surface area (Å²) < 4.78 is 10.2. The summed E-state index contributed by atoms with van der Waals surface area (Å²) in [6.07, 6.45) is 4.05. The maximum atomic E-state index is 5.21. The Kier molecular flexibility index (Phi) is 3.69. The highest BCUT2D eigenvalue weighted by Crippen LogP contribution is 2.21. The van der Waals surface area contributed by atoms with Crippen LogP contribution in [0.4, 0.5) is 0 Å². The number of hydrogen-bond acceptors (Lipinski definition) is 5. The molecule has 1 fully saturated rings. The molecule has 0 amide bonds. The lowest BCUT2D eigenvalue weighted by Crippen LogP contribution is -2.13. The van der Waals surface area contributed by atoms with E-state index in [0.717, 1.165) is 44.1 Å².